The summed E-state index contributed by atoms with van der Waals surface area (Å²) in [5.74, 6) is -2.27. The topological polar surface area (TPSA) is 125 Å². The lowest BCUT2D eigenvalue weighted by molar-refractivity contribution is -0.121. The molecule has 8 heteroatoms. The fourth-order valence-electron chi connectivity index (χ4n) is 3.99. The Bertz CT molecular complexity index is 1240. The number of carbonyl (C=O) groups is 3. The summed E-state index contributed by atoms with van der Waals surface area (Å²) in [6, 6.07) is 19.4. The number of carboxylic acids is 1. The number of benzene rings is 3. The second-order valence-electron chi connectivity index (χ2n) is 8.57. The lowest BCUT2D eigenvalue weighted by atomic mass is 9.98. The van der Waals surface area contributed by atoms with E-state index in [2.05, 4.69) is 10.6 Å². The zero-order valence-electron chi connectivity index (χ0n) is 18.7. The maximum atomic E-state index is 12.8. The molecule has 174 valence electrons. The maximum absolute atomic E-state index is 12.8. The minimum atomic E-state index is -1.41. The third kappa shape index (κ3) is 4.43. The van der Waals surface area contributed by atoms with Gasteiger partial charge in [0.05, 0.1) is 11.3 Å². The van der Waals surface area contributed by atoms with Crippen LogP contribution in [0, 0.1) is 0 Å². The molecule has 3 aromatic rings. The Morgan fingerprint density at radius 3 is 2.12 bits per heavy atom. The number of rotatable bonds is 6. The number of aromatic hydroxyl groups is 1. The molecule has 1 aliphatic rings. The van der Waals surface area contributed by atoms with Gasteiger partial charge in [-0.15, -0.1) is 0 Å². The van der Waals surface area contributed by atoms with Crippen LogP contribution in [0.15, 0.2) is 66.7 Å². The fraction of sp³-hybridized carbons (Fsp3) is 0.192. The van der Waals surface area contributed by atoms with Gasteiger partial charge in [-0.1, -0.05) is 48.5 Å². The Labute approximate surface area is 196 Å². The minimum Gasteiger partial charge on any atom is -0.506 e. The molecule has 0 saturated carbocycles. The number of alkyl carbamates (subject to hydrolysis) is 1. The lowest BCUT2D eigenvalue weighted by Gasteiger charge is -2.25. The molecule has 0 saturated heterocycles. The van der Waals surface area contributed by atoms with E-state index in [-0.39, 0.29) is 29.5 Å². The maximum Gasteiger partial charge on any atom is 0.408 e. The van der Waals surface area contributed by atoms with Crippen LogP contribution in [-0.4, -0.2) is 40.3 Å². The van der Waals surface area contributed by atoms with Gasteiger partial charge in [-0.25, -0.2) is 9.59 Å². The predicted octanol–water partition coefficient (Wildman–Crippen LogP) is 4.35. The molecule has 2 amide bonds. The van der Waals surface area contributed by atoms with Crippen molar-refractivity contribution in [3.05, 3.63) is 83.4 Å². The molecular formula is C26H24N2O6. The van der Waals surface area contributed by atoms with Crippen molar-refractivity contribution in [1.82, 2.24) is 5.32 Å². The van der Waals surface area contributed by atoms with Crippen molar-refractivity contribution < 1.29 is 29.3 Å². The quantitative estimate of drug-likeness (QED) is 0.406. The number of phenols is 1. The lowest BCUT2D eigenvalue weighted by Crippen LogP contribution is -2.52. The van der Waals surface area contributed by atoms with Crippen molar-refractivity contribution in [3.8, 4) is 16.9 Å². The Hall–Kier alpha value is -4.33. The third-order valence-corrected chi connectivity index (χ3v) is 5.82. The summed E-state index contributed by atoms with van der Waals surface area (Å²) in [6.07, 6.45) is -0.773. The van der Waals surface area contributed by atoms with Gasteiger partial charge in [-0.3, -0.25) is 4.79 Å². The van der Waals surface area contributed by atoms with Crippen molar-refractivity contribution in [1.29, 1.82) is 0 Å². The molecule has 8 nitrogen and oxygen atoms in total. The van der Waals surface area contributed by atoms with Gasteiger partial charge in [0, 0.05) is 5.92 Å². The Morgan fingerprint density at radius 1 is 0.941 bits per heavy atom. The zero-order chi connectivity index (χ0) is 24.5. The summed E-state index contributed by atoms with van der Waals surface area (Å²) in [5, 5.41) is 24.1. The minimum absolute atomic E-state index is 0.0766. The summed E-state index contributed by atoms with van der Waals surface area (Å²) in [5.41, 5.74) is 2.77. The predicted molar refractivity (Wildman–Crippen MR) is 126 cm³/mol. The van der Waals surface area contributed by atoms with Gasteiger partial charge in [0.2, 0.25) is 5.91 Å². The molecule has 0 aliphatic heterocycles. The molecule has 0 atom stereocenters. The van der Waals surface area contributed by atoms with Crippen molar-refractivity contribution >= 4 is 23.7 Å². The van der Waals surface area contributed by atoms with E-state index in [1.807, 2.05) is 48.5 Å². The van der Waals surface area contributed by atoms with Crippen LogP contribution in [0.25, 0.3) is 11.1 Å². The Morgan fingerprint density at radius 2 is 1.53 bits per heavy atom. The molecule has 0 radical (unpaired) electrons. The van der Waals surface area contributed by atoms with E-state index in [4.69, 9.17) is 9.84 Å². The summed E-state index contributed by atoms with van der Waals surface area (Å²) >= 11 is 0. The van der Waals surface area contributed by atoms with Gasteiger partial charge in [0.1, 0.15) is 17.9 Å². The van der Waals surface area contributed by atoms with E-state index >= 15 is 0 Å². The number of phenolic OH excluding ortho intramolecular Hbond substituents is 1. The molecule has 0 aromatic heterocycles. The number of carbonyl (C=O) groups excluding carboxylic acids is 2. The second kappa shape index (κ2) is 8.90. The monoisotopic (exact) mass is 460 g/mol. The average molecular weight is 460 g/mol. The van der Waals surface area contributed by atoms with Crippen LogP contribution in [0.2, 0.25) is 0 Å². The highest BCUT2D eigenvalue weighted by Gasteiger charge is 2.33. The summed E-state index contributed by atoms with van der Waals surface area (Å²) in [6.45, 7) is 3.04. The molecule has 0 spiro atoms. The molecule has 0 fully saturated rings. The van der Waals surface area contributed by atoms with Gasteiger partial charge in [-0.05, 0) is 54.3 Å². The largest absolute Gasteiger partial charge is 0.506 e. The SMILES string of the molecule is CC(C)(NC(=O)OCC1c2ccccc2-c2ccccc21)C(=O)Nc1cc(C(=O)O)ccc1O. The highest BCUT2D eigenvalue weighted by Crippen LogP contribution is 2.44. The average Bonchev–Trinajstić information content (AvgIpc) is 3.12. The first kappa shape index (κ1) is 22.8. The van der Waals surface area contributed by atoms with Crippen molar-refractivity contribution in [2.24, 2.45) is 0 Å². The van der Waals surface area contributed by atoms with Crippen LogP contribution in [0.1, 0.15) is 41.3 Å². The van der Waals surface area contributed by atoms with Crippen LogP contribution in [-0.2, 0) is 9.53 Å². The number of aromatic carboxylic acids is 1. The normalized spacial score (nSPS) is 12.4. The van der Waals surface area contributed by atoms with E-state index in [1.54, 1.807) is 0 Å². The first-order valence-electron chi connectivity index (χ1n) is 10.7. The van der Waals surface area contributed by atoms with Crippen LogP contribution in [0.4, 0.5) is 10.5 Å². The molecule has 0 bridgehead atoms. The van der Waals surface area contributed by atoms with Gasteiger partial charge >= 0.3 is 12.1 Å². The molecule has 3 aromatic carbocycles. The van der Waals surface area contributed by atoms with E-state index in [0.29, 0.717) is 0 Å². The van der Waals surface area contributed by atoms with Gasteiger partial charge in [0.15, 0.2) is 0 Å². The van der Waals surface area contributed by atoms with E-state index < -0.39 is 23.5 Å². The molecule has 0 unspecified atom stereocenters. The van der Waals surface area contributed by atoms with Crippen LogP contribution >= 0.6 is 0 Å². The highest BCUT2D eigenvalue weighted by molar-refractivity contribution is 6.01. The molecule has 34 heavy (non-hydrogen) atoms. The summed E-state index contributed by atoms with van der Waals surface area (Å²) < 4.78 is 5.49. The molecule has 0 heterocycles. The Balaban J connectivity index is 1.42. The number of amides is 2. The van der Waals surface area contributed by atoms with E-state index in [1.165, 1.54) is 26.0 Å². The summed E-state index contributed by atoms with van der Waals surface area (Å²) in [4.78, 5) is 36.5. The zero-order valence-corrected chi connectivity index (χ0v) is 18.7. The van der Waals surface area contributed by atoms with E-state index in [9.17, 15) is 19.5 Å². The standard InChI is InChI=1S/C26H24N2O6/c1-26(2,24(32)27-21-13-15(23(30)31)11-12-22(21)29)28-25(33)34-14-20-18-9-5-3-7-16(18)17-8-4-6-10-19(17)20/h3-13,20,29H,14H2,1-2H3,(H,27,32)(H,28,33)(H,30,31). The van der Waals surface area contributed by atoms with Gasteiger partial charge < -0.3 is 25.6 Å². The molecular weight excluding hydrogens is 436 g/mol. The number of anilines is 1. The Kier molecular flexibility index (Phi) is 5.98. The van der Waals surface area contributed by atoms with Crippen molar-refractivity contribution in [2.45, 2.75) is 25.3 Å². The highest BCUT2D eigenvalue weighted by atomic mass is 16.5. The number of carboxylic acid groups (broad SMARTS) is 1. The van der Waals surface area contributed by atoms with Crippen molar-refractivity contribution in [2.75, 3.05) is 11.9 Å². The number of hydrogen-bond acceptors (Lipinski definition) is 5. The smallest absolute Gasteiger partial charge is 0.408 e. The number of ether oxygens (including phenoxy) is 1. The van der Waals surface area contributed by atoms with Crippen LogP contribution < -0.4 is 10.6 Å². The fourth-order valence-corrected chi connectivity index (χ4v) is 3.99. The first-order valence-corrected chi connectivity index (χ1v) is 10.7. The van der Waals surface area contributed by atoms with Crippen LogP contribution in [0.5, 0.6) is 5.75 Å². The first-order chi connectivity index (χ1) is 16.2. The van der Waals surface area contributed by atoms with Gasteiger partial charge in [-0.2, -0.15) is 0 Å². The summed E-state index contributed by atoms with van der Waals surface area (Å²) in [7, 11) is 0. The number of fused-ring (bicyclic) bond motifs is 3. The molecule has 4 rings (SSSR count). The number of nitrogens with one attached hydrogen (secondary N) is 2. The van der Waals surface area contributed by atoms with E-state index in [0.717, 1.165) is 28.3 Å². The van der Waals surface area contributed by atoms with Gasteiger partial charge in [0.25, 0.3) is 0 Å². The molecule has 4 N–H and O–H groups in total. The molecule has 1 aliphatic carbocycles. The third-order valence-electron chi connectivity index (χ3n) is 5.82. The van der Waals surface area contributed by atoms with Crippen LogP contribution in [0.3, 0.4) is 0 Å². The second-order valence-corrected chi connectivity index (χ2v) is 8.57. The van der Waals surface area contributed by atoms with Crippen molar-refractivity contribution in [3.63, 3.8) is 0 Å². The number of hydrogen-bond donors (Lipinski definition) is 4.